The fourth-order valence-electron chi connectivity index (χ4n) is 10.4. The molecule has 0 spiro atoms. The fraction of sp³-hybridized carbons (Fsp3) is 0.892. The first kappa shape index (κ1) is 72.3. The molecule has 9 atom stereocenters. The normalized spacial score (nSPS) is 19.8. The molecule has 448 valence electrons. The van der Waals surface area contributed by atoms with Gasteiger partial charge in [-0.15, -0.1) is 0 Å². The van der Waals surface area contributed by atoms with Crippen molar-refractivity contribution in [1.82, 2.24) is 5.32 Å². The number of unbranched alkanes of at least 4 members (excludes halogenated alkanes) is 38. The molecule has 0 aromatic carbocycles. The van der Waals surface area contributed by atoms with Crippen LogP contribution >= 0.6 is 0 Å². The zero-order valence-electron chi connectivity index (χ0n) is 49.2. The molecule has 1 amide bonds. The van der Waals surface area contributed by atoms with Gasteiger partial charge in [-0.25, -0.2) is 0 Å². The number of ether oxygens (including phenoxy) is 2. The van der Waals surface area contributed by atoms with Crippen molar-refractivity contribution in [3.05, 3.63) is 36.5 Å². The van der Waals surface area contributed by atoms with E-state index in [1.54, 1.807) is 0 Å². The Bertz CT molecular complexity index is 1330. The van der Waals surface area contributed by atoms with E-state index in [-0.39, 0.29) is 12.8 Å². The third kappa shape index (κ3) is 41.4. The number of aliphatic hydroxyl groups excluding tert-OH is 7. The van der Waals surface area contributed by atoms with Crippen LogP contribution in [0.3, 0.4) is 0 Å². The monoisotopic (exact) mass is 1080 g/mol. The minimum Gasteiger partial charge on any atom is -0.394 e. The first-order chi connectivity index (χ1) is 37.2. The highest BCUT2D eigenvalue weighted by atomic mass is 16.7. The van der Waals surface area contributed by atoms with Gasteiger partial charge in [-0.05, 0) is 70.6 Å². The van der Waals surface area contributed by atoms with E-state index >= 15 is 0 Å². The molecule has 11 nitrogen and oxygen atoms in total. The first-order valence-electron chi connectivity index (χ1n) is 32.4. The van der Waals surface area contributed by atoms with Gasteiger partial charge in [0.25, 0.3) is 0 Å². The summed E-state index contributed by atoms with van der Waals surface area (Å²) in [5.41, 5.74) is 0. The number of hydrogen-bond acceptors (Lipinski definition) is 10. The zero-order chi connectivity index (χ0) is 55.4. The van der Waals surface area contributed by atoms with E-state index in [0.717, 1.165) is 51.4 Å². The van der Waals surface area contributed by atoms with Crippen molar-refractivity contribution in [3.8, 4) is 0 Å². The summed E-state index contributed by atoms with van der Waals surface area (Å²) in [4.78, 5) is 13.2. The third-order valence-corrected chi connectivity index (χ3v) is 15.7. The Kier molecular flexibility index (Phi) is 51.3. The Morgan fingerprint density at radius 3 is 1.21 bits per heavy atom. The lowest BCUT2D eigenvalue weighted by Gasteiger charge is -2.40. The minimum absolute atomic E-state index is 0.247. The Morgan fingerprint density at radius 2 is 0.816 bits per heavy atom. The molecule has 1 saturated heterocycles. The molecule has 0 aliphatic carbocycles. The van der Waals surface area contributed by atoms with Crippen LogP contribution in [0.5, 0.6) is 0 Å². The number of hydrogen-bond donors (Lipinski definition) is 8. The quantitative estimate of drug-likeness (QED) is 0.0215. The van der Waals surface area contributed by atoms with E-state index in [9.17, 15) is 40.5 Å². The van der Waals surface area contributed by atoms with Crippen molar-refractivity contribution in [1.29, 1.82) is 0 Å². The second kappa shape index (κ2) is 53.9. The molecule has 0 aromatic rings. The number of rotatable bonds is 56. The standard InChI is InChI=1S/C65H123NO10/c1-3-5-7-9-11-13-15-17-19-21-23-25-27-29-31-32-34-36-38-40-42-44-46-48-50-52-57(68)60(70)56(55-75-65-63(73)62(72)61(71)59(54-67)76-65)66-64(74)58(69)53-51-49-47-45-43-41-39-37-35-33-30-28-26-24-22-20-18-16-14-12-10-8-6-4-2/h24,26,30,33,44,46,56-63,65,67-73H,3-23,25,27-29,31-32,34-43,45,47-55H2,1-2H3,(H,66,74)/b26-24-,33-30-,46-44+. The van der Waals surface area contributed by atoms with Crippen LogP contribution in [0, 0.1) is 0 Å². The summed E-state index contributed by atoms with van der Waals surface area (Å²) in [6, 6.07) is -1.19. The molecule has 1 aliphatic rings. The van der Waals surface area contributed by atoms with Gasteiger partial charge in [0.2, 0.25) is 5.91 Å². The van der Waals surface area contributed by atoms with Crippen LogP contribution in [0.15, 0.2) is 36.5 Å². The highest BCUT2D eigenvalue weighted by Crippen LogP contribution is 2.24. The van der Waals surface area contributed by atoms with Crippen LogP contribution in [0.1, 0.15) is 303 Å². The molecule has 0 aromatic heterocycles. The largest absolute Gasteiger partial charge is 0.394 e. The maximum Gasteiger partial charge on any atom is 0.249 e. The molecule has 1 fully saturated rings. The van der Waals surface area contributed by atoms with Crippen LogP contribution in [0.25, 0.3) is 0 Å². The number of allylic oxidation sites excluding steroid dienone is 6. The lowest BCUT2D eigenvalue weighted by Crippen LogP contribution is -2.60. The summed E-state index contributed by atoms with van der Waals surface area (Å²) in [5.74, 6) is -0.708. The topological polar surface area (TPSA) is 189 Å². The van der Waals surface area contributed by atoms with Crippen molar-refractivity contribution in [2.24, 2.45) is 0 Å². The van der Waals surface area contributed by atoms with E-state index in [1.807, 2.05) is 0 Å². The van der Waals surface area contributed by atoms with Gasteiger partial charge < -0.3 is 50.5 Å². The number of nitrogens with one attached hydrogen (secondary N) is 1. The molecule has 9 unspecified atom stereocenters. The lowest BCUT2D eigenvalue weighted by atomic mass is 9.98. The van der Waals surface area contributed by atoms with Gasteiger partial charge in [-0.2, -0.15) is 0 Å². The Labute approximate surface area is 467 Å². The van der Waals surface area contributed by atoms with Gasteiger partial charge in [0, 0.05) is 0 Å². The summed E-state index contributed by atoms with van der Waals surface area (Å²) in [5, 5.41) is 76.3. The lowest BCUT2D eigenvalue weighted by molar-refractivity contribution is -0.303. The van der Waals surface area contributed by atoms with Gasteiger partial charge in [-0.1, -0.05) is 269 Å². The van der Waals surface area contributed by atoms with Gasteiger partial charge in [0.05, 0.1) is 25.4 Å². The molecule has 76 heavy (non-hydrogen) atoms. The summed E-state index contributed by atoms with van der Waals surface area (Å²) in [7, 11) is 0. The van der Waals surface area contributed by atoms with Gasteiger partial charge in [0.1, 0.15) is 36.6 Å². The van der Waals surface area contributed by atoms with Crippen LogP contribution in [-0.4, -0.2) is 110 Å². The van der Waals surface area contributed by atoms with E-state index in [4.69, 9.17) is 9.47 Å². The summed E-state index contributed by atoms with van der Waals surface area (Å²) < 4.78 is 11.2. The zero-order valence-corrected chi connectivity index (χ0v) is 49.2. The van der Waals surface area contributed by atoms with Gasteiger partial charge >= 0.3 is 0 Å². The maximum atomic E-state index is 13.2. The van der Waals surface area contributed by atoms with Crippen molar-refractivity contribution in [2.45, 2.75) is 358 Å². The molecular formula is C65H123NO10. The van der Waals surface area contributed by atoms with Gasteiger partial charge in [-0.3, -0.25) is 4.79 Å². The molecule has 0 saturated carbocycles. The van der Waals surface area contributed by atoms with E-state index in [1.165, 1.54) is 212 Å². The average molecular weight is 1080 g/mol. The Balaban J connectivity index is 2.28. The van der Waals surface area contributed by atoms with Crippen molar-refractivity contribution >= 4 is 5.91 Å². The number of carbonyl (C=O) groups excluding carboxylic acids is 1. The van der Waals surface area contributed by atoms with Gasteiger partial charge in [0.15, 0.2) is 6.29 Å². The van der Waals surface area contributed by atoms with Crippen molar-refractivity contribution < 1.29 is 50.0 Å². The van der Waals surface area contributed by atoms with Crippen molar-refractivity contribution in [2.75, 3.05) is 13.2 Å². The van der Waals surface area contributed by atoms with Crippen LogP contribution < -0.4 is 5.32 Å². The molecule has 11 heteroatoms. The van der Waals surface area contributed by atoms with E-state index < -0.39 is 74.2 Å². The number of carbonyl (C=O) groups is 1. The van der Waals surface area contributed by atoms with E-state index in [0.29, 0.717) is 12.8 Å². The van der Waals surface area contributed by atoms with Crippen LogP contribution in [-0.2, 0) is 14.3 Å². The molecule has 1 rings (SSSR count). The molecule has 0 bridgehead atoms. The van der Waals surface area contributed by atoms with E-state index in [2.05, 4.69) is 55.6 Å². The minimum atomic E-state index is -1.67. The predicted molar refractivity (Wildman–Crippen MR) is 316 cm³/mol. The molecular weight excluding hydrogens is 955 g/mol. The predicted octanol–water partition coefficient (Wildman–Crippen LogP) is 14.6. The average Bonchev–Trinajstić information content (AvgIpc) is 3.42. The molecule has 1 heterocycles. The molecule has 8 N–H and O–H groups in total. The highest BCUT2D eigenvalue weighted by molar-refractivity contribution is 5.80. The Morgan fingerprint density at radius 1 is 0.461 bits per heavy atom. The first-order valence-corrected chi connectivity index (χ1v) is 32.4. The number of aliphatic hydroxyl groups is 7. The molecule has 0 radical (unpaired) electrons. The summed E-state index contributed by atoms with van der Waals surface area (Å²) >= 11 is 0. The fourth-order valence-corrected chi connectivity index (χ4v) is 10.4. The second-order valence-corrected chi connectivity index (χ2v) is 22.8. The SMILES string of the molecule is CCCCCCCCCCC/C=C\C/C=C\CCCCCCCCCCC(O)C(=O)NC(COC1OC(CO)C(O)C(O)C1O)C(O)C(O)CCC/C=C/CCCCCCCCCCCCCCCCCCCCCC. The number of amides is 1. The third-order valence-electron chi connectivity index (χ3n) is 15.7. The Hall–Kier alpha value is -1.67. The summed E-state index contributed by atoms with van der Waals surface area (Å²) in [6.07, 6.45) is 56.4. The molecule has 1 aliphatic heterocycles. The smallest absolute Gasteiger partial charge is 0.249 e. The highest BCUT2D eigenvalue weighted by Gasteiger charge is 2.44. The summed E-state index contributed by atoms with van der Waals surface area (Å²) in [6.45, 7) is 3.48. The van der Waals surface area contributed by atoms with Crippen molar-refractivity contribution in [3.63, 3.8) is 0 Å². The van der Waals surface area contributed by atoms with Crippen LogP contribution in [0.4, 0.5) is 0 Å². The second-order valence-electron chi connectivity index (χ2n) is 22.8. The van der Waals surface area contributed by atoms with Crippen LogP contribution in [0.2, 0.25) is 0 Å². The maximum absolute atomic E-state index is 13.2.